The van der Waals surface area contributed by atoms with E-state index < -0.39 is 5.97 Å². The van der Waals surface area contributed by atoms with E-state index in [1.54, 1.807) is 0 Å². The molecule has 4 nitrogen and oxygen atoms in total. The van der Waals surface area contributed by atoms with Gasteiger partial charge in [0.15, 0.2) is 0 Å². The molecule has 0 aromatic heterocycles. The Morgan fingerprint density at radius 3 is 2.87 bits per heavy atom. The zero-order chi connectivity index (χ0) is 11.3. The molecule has 1 saturated heterocycles. The van der Waals surface area contributed by atoms with E-state index >= 15 is 0 Å². The maximum atomic E-state index is 10.6. The normalized spacial score (nSPS) is 21.8. The van der Waals surface area contributed by atoms with Gasteiger partial charge in [0.1, 0.15) is 0 Å². The molecule has 0 spiro atoms. The Morgan fingerprint density at radius 2 is 2.27 bits per heavy atom. The monoisotopic (exact) mass is 213 g/mol. The SMILES string of the molecule is C=C(CN1CCCC1CCCO)C(=O)O. The molecule has 2 N–H and O–H groups in total. The lowest BCUT2D eigenvalue weighted by Crippen LogP contribution is -2.32. The lowest BCUT2D eigenvalue weighted by molar-refractivity contribution is -0.132. The molecule has 0 saturated carbocycles. The first-order chi connectivity index (χ1) is 7.15. The van der Waals surface area contributed by atoms with E-state index in [1.807, 2.05) is 0 Å². The van der Waals surface area contributed by atoms with Gasteiger partial charge in [-0.2, -0.15) is 0 Å². The molecule has 86 valence electrons. The number of aliphatic hydroxyl groups is 1. The highest BCUT2D eigenvalue weighted by molar-refractivity contribution is 5.86. The van der Waals surface area contributed by atoms with Crippen molar-refractivity contribution in [2.24, 2.45) is 0 Å². The third kappa shape index (κ3) is 3.64. The van der Waals surface area contributed by atoms with Crippen LogP contribution in [0, 0.1) is 0 Å². The van der Waals surface area contributed by atoms with Crippen LogP contribution in [0.5, 0.6) is 0 Å². The molecule has 1 fully saturated rings. The zero-order valence-electron chi connectivity index (χ0n) is 8.98. The van der Waals surface area contributed by atoms with Crippen molar-refractivity contribution in [3.63, 3.8) is 0 Å². The summed E-state index contributed by atoms with van der Waals surface area (Å²) in [4.78, 5) is 12.8. The molecule has 0 aliphatic carbocycles. The Balaban J connectivity index is 2.39. The molecule has 0 aromatic rings. The highest BCUT2D eigenvalue weighted by Gasteiger charge is 2.25. The van der Waals surface area contributed by atoms with Gasteiger partial charge in [-0.1, -0.05) is 6.58 Å². The third-order valence-corrected chi connectivity index (χ3v) is 2.89. The van der Waals surface area contributed by atoms with E-state index in [2.05, 4.69) is 11.5 Å². The fourth-order valence-corrected chi connectivity index (χ4v) is 2.07. The van der Waals surface area contributed by atoms with Gasteiger partial charge in [-0.15, -0.1) is 0 Å². The van der Waals surface area contributed by atoms with Gasteiger partial charge in [0, 0.05) is 24.8 Å². The number of aliphatic hydroxyl groups excluding tert-OH is 1. The van der Waals surface area contributed by atoms with Crippen molar-refractivity contribution in [1.82, 2.24) is 4.90 Å². The van der Waals surface area contributed by atoms with E-state index in [0.717, 1.165) is 32.2 Å². The van der Waals surface area contributed by atoms with Crippen LogP contribution in [0.3, 0.4) is 0 Å². The average Bonchev–Trinajstić information content (AvgIpc) is 2.62. The predicted octanol–water partition coefficient (Wildman–Crippen LogP) is 0.864. The van der Waals surface area contributed by atoms with E-state index in [1.165, 1.54) is 0 Å². The summed E-state index contributed by atoms with van der Waals surface area (Å²) in [7, 11) is 0. The van der Waals surface area contributed by atoms with Crippen molar-refractivity contribution < 1.29 is 15.0 Å². The molecule has 0 amide bonds. The minimum atomic E-state index is -0.914. The number of aliphatic carboxylic acids is 1. The number of carbonyl (C=O) groups is 1. The molecule has 0 bridgehead atoms. The summed E-state index contributed by atoms with van der Waals surface area (Å²) in [6, 6.07) is 0.424. The molecular formula is C11H19NO3. The minimum Gasteiger partial charge on any atom is -0.478 e. The Morgan fingerprint density at radius 1 is 1.53 bits per heavy atom. The van der Waals surface area contributed by atoms with Crippen molar-refractivity contribution in [3.05, 3.63) is 12.2 Å². The number of rotatable bonds is 6. The van der Waals surface area contributed by atoms with E-state index in [-0.39, 0.29) is 12.2 Å². The molecule has 0 radical (unpaired) electrons. The summed E-state index contributed by atoms with van der Waals surface area (Å²) in [6.45, 7) is 5.15. The van der Waals surface area contributed by atoms with Crippen LogP contribution in [0.1, 0.15) is 25.7 Å². The Bertz CT molecular complexity index is 240. The molecular weight excluding hydrogens is 194 g/mol. The van der Waals surface area contributed by atoms with Gasteiger partial charge in [-0.25, -0.2) is 4.79 Å². The predicted molar refractivity (Wildman–Crippen MR) is 57.7 cm³/mol. The van der Waals surface area contributed by atoms with Gasteiger partial charge in [0.25, 0.3) is 0 Å². The van der Waals surface area contributed by atoms with Gasteiger partial charge in [0.05, 0.1) is 0 Å². The average molecular weight is 213 g/mol. The van der Waals surface area contributed by atoms with Crippen LogP contribution in [-0.4, -0.2) is 46.8 Å². The third-order valence-electron chi connectivity index (χ3n) is 2.89. The first-order valence-electron chi connectivity index (χ1n) is 5.41. The maximum Gasteiger partial charge on any atom is 0.332 e. The van der Waals surface area contributed by atoms with Crippen molar-refractivity contribution in [2.45, 2.75) is 31.7 Å². The fraction of sp³-hybridized carbons (Fsp3) is 0.727. The number of hydrogen-bond donors (Lipinski definition) is 2. The second-order valence-corrected chi connectivity index (χ2v) is 4.04. The van der Waals surface area contributed by atoms with E-state index in [9.17, 15) is 4.79 Å². The van der Waals surface area contributed by atoms with Crippen LogP contribution in [0.25, 0.3) is 0 Å². The molecule has 1 heterocycles. The lowest BCUT2D eigenvalue weighted by atomic mass is 10.1. The zero-order valence-corrected chi connectivity index (χ0v) is 8.98. The Hall–Kier alpha value is -0.870. The van der Waals surface area contributed by atoms with Crippen molar-refractivity contribution in [2.75, 3.05) is 19.7 Å². The molecule has 1 rings (SSSR count). The van der Waals surface area contributed by atoms with Gasteiger partial charge in [-0.05, 0) is 32.2 Å². The molecule has 0 aromatic carbocycles. The van der Waals surface area contributed by atoms with Gasteiger partial charge < -0.3 is 10.2 Å². The molecule has 1 unspecified atom stereocenters. The second-order valence-electron chi connectivity index (χ2n) is 4.04. The lowest BCUT2D eigenvalue weighted by Gasteiger charge is -2.24. The van der Waals surface area contributed by atoms with Gasteiger partial charge in [-0.3, -0.25) is 4.90 Å². The number of nitrogens with zero attached hydrogens (tertiary/aromatic N) is 1. The highest BCUT2D eigenvalue weighted by atomic mass is 16.4. The molecule has 4 heteroatoms. The minimum absolute atomic E-state index is 0.213. The van der Waals surface area contributed by atoms with Crippen LogP contribution in [0.4, 0.5) is 0 Å². The largest absolute Gasteiger partial charge is 0.478 e. The number of likely N-dealkylation sites (tertiary alicyclic amines) is 1. The fourth-order valence-electron chi connectivity index (χ4n) is 2.07. The van der Waals surface area contributed by atoms with Crippen molar-refractivity contribution in [3.8, 4) is 0 Å². The number of carboxylic acids is 1. The smallest absolute Gasteiger partial charge is 0.332 e. The summed E-state index contributed by atoms with van der Waals surface area (Å²) < 4.78 is 0. The molecule has 15 heavy (non-hydrogen) atoms. The van der Waals surface area contributed by atoms with Crippen LogP contribution in [0.2, 0.25) is 0 Å². The van der Waals surface area contributed by atoms with Gasteiger partial charge in [0.2, 0.25) is 0 Å². The first-order valence-corrected chi connectivity index (χ1v) is 5.41. The maximum absolute atomic E-state index is 10.6. The van der Waals surface area contributed by atoms with Crippen LogP contribution in [0.15, 0.2) is 12.2 Å². The summed E-state index contributed by atoms with van der Waals surface area (Å²) in [5.41, 5.74) is 0.255. The van der Waals surface area contributed by atoms with Gasteiger partial charge >= 0.3 is 5.97 Å². The van der Waals surface area contributed by atoms with Crippen molar-refractivity contribution >= 4 is 5.97 Å². The second kappa shape index (κ2) is 5.88. The molecule has 1 aliphatic rings. The first kappa shape index (κ1) is 12.2. The standard InChI is InChI=1S/C11H19NO3/c1-9(11(14)15)8-12-6-2-4-10(12)5-3-7-13/h10,13H,1-8H2,(H,14,15). The van der Waals surface area contributed by atoms with E-state index in [4.69, 9.17) is 10.2 Å². The van der Waals surface area contributed by atoms with Crippen LogP contribution in [-0.2, 0) is 4.79 Å². The molecule has 1 atom stereocenters. The quantitative estimate of drug-likeness (QED) is 0.643. The Kier molecular flexibility index (Phi) is 4.78. The number of carboxylic acid groups (broad SMARTS) is 1. The van der Waals surface area contributed by atoms with E-state index in [0.29, 0.717) is 12.6 Å². The number of hydrogen-bond acceptors (Lipinski definition) is 3. The topological polar surface area (TPSA) is 60.8 Å². The summed E-state index contributed by atoms with van der Waals surface area (Å²) >= 11 is 0. The van der Waals surface area contributed by atoms with Crippen LogP contribution < -0.4 is 0 Å². The summed E-state index contributed by atoms with van der Waals surface area (Å²) in [5, 5.41) is 17.5. The summed E-state index contributed by atoms with van der Waals surface area (Å²) in [5.74, 6) is -0.914. The molecule has 1 aliphatic heterocycles. The summed E-state index contributed by atoms with van der Waals surface area (Å²) in [6.07, 6.45) is 3.96. The Labute approximate surface area is 90.2 Å². The van der Waals surface area contributed by atoms with Crippen LogP contribution >= 0.6 is 0 Å². The highest BCUT2D eigenvalue weighted by Crippen LogP contribution is 2.21. The van der Waals surface area contributed by atoms with Crippen molar-refractivity contribution in [1.29, 1.82) is 0 Å².